The zero-order valence-corrected chi connectivity index (χ0v) is 22.1. The average Bonchev–Trinajstić information content (AvgIpc) is 2.78. The van der Waals surface area contributed by atoms with E-state index in [2.05, 4.69) is 30.3 Å². The Hall–Kier alpha value is -3.89. The quantitative estimate of drug-likeness (QED) is 0.174. The number of carbonyl (C=O) groups excluding carboxylic acids is 4. The molecule has 17 heteroatoms. The SMILES string of the molecule is CON=C(C)C(=NOC(=O)N(C)SN(C)C(=O)ON=C(C(=O)N(C)C)C(C)=NOC)C(=O)N(C)C. The van der Waals surface area contributed by atoms with Crippen LogP contribution in [0.3, 0.4) is 0 Å². The van der Waals surface area contributed by atoms with Crippen molar-refractivity contribution in [2.45, 2.75) is 13.8 Å². The molecule has 0 bridgehead atoms. The monoisotopic (exact) mass is 518 g/mol. The summed E-state index contributed by atoms with van der Waals surface area (Å²) in [7, 11) is 11.0. The van der Waals surface area contributed by atoms with Gasteiger partial charge in [0.25, 0.3) is 11.8 Å². The Balaban J connectivity index is 5.37. The van der Waals surface area contributed by atoms with Crippen LogP contribution in [0.5, 0.6) is 0 Å². The van der Waals surface area contributed by atoms with Crippen molar-refractivity contribution in [1.29, 1.82) is 0 Å². The smallest absolute Gasteiger partial charge is 0.399 e. The van der Waals surface area contributed by atoms with E-state index in [9.17, 15) is 19.2 Å². The molecule has 0 atom stereocenters. The molecule has 0 aliphatic rings. The Morgan fingerprint density at radius 2 is 0.914 bits per heavy atom. The normalized spacial score (nSPS) is 12.4. The fourth-order valence-electron chi connectivity index (χ4n) is 1.84. The van der Waals surface area contributed by atoms with E-state index in [0.29, 0.717) is 12.1 Å². The molecule has 0 unspecified atom stereocenters. The van der Waals surface area contributed by atoms with Crippen molar-refractivity contribution in [3.8, 4) is 0 Å². The molecule has 0 heterocycles. The van der Waals surface area contributed by atoms with Crippen LogP contribution in [0.2, 0.25) is 0 Å². The van der Waals surface area contributed by atoms with Gasteiger partial charge >= 0.3 is 12.2 Å². The van der Waals surface area contributed by atoms with E-state index in [1.165, 1.54) is 80.2 Å². The van der Waals surface area contributed by atoms with Crippen molar-refractivity contribution in [3.05, 3.63) is 0 Å². The molecule has 0 spiro atoms. The van der Waals surface area contributed by atoms with Crippen LogP contribution in [-0.4, -0.2) is 122 Å². The molecule has 0 N–H and O–H groups in total. The maximum atomic E-state index is 12.3. The van der Waals surface area contributed by atoms with Gasteiger partial charge in [-0.25, -0.2) is 18.2 Å². The first-order valence-electron chi connectivity index (χ1n) is 9.61. The van der Waals surface area contributed by atoms with E-state index < -0.39 is 24.0 Å². The maximum Gasteiger partial charge on any atom is 0.447 e. The van der Waals surface area contributed by atoms with Crippen LogP contribution in [-0.2, 0) is 28.9 Å². The number of carbonyl (C=O) groups is 4. The fourth-order valence-corrected chi connectivity index (χ4v) is 2.41. The lowest BCUT2D eigenvalue weighted by Crippen LogP contribution is -2.35. The van der Waals surface area contributed by atoms with Gasteiger partial charge in [0.1, 0.15) is 25.6 Å². The predicted molar refractivity (Wildman–Crippen MR) is 129 cm³/mol. The average molecular weight is 519 g/mol. The van der Waals surface area contributed by atoms with Crippen molar-refractivity contribution in [3.63, 3.8) is 0 Å². The number of hydrogen-bond donors (Lipinski definition) is 0. The van der Waals surface area contributed by atoms with Crippen molar-refractivity contribution in [2.75, 3.05) is 56.5 Å². The number of rotatable bonds is 10. The first-order valence-corrected chi connectivity index (χ1v) is 10.3. The van der Waals surface area contributed by atoms with E-state index in [0.717, 1.165) is 8.61 Å². The molecule has 0 rings (SSSR count). The van der Waals surface area contributed by atoms with Crippen LogP contribution in [0.15, 0.2) is 20.6 Å². The third-order valence-electron chi connectivity index (χ3n) is 3.55. The summed E-state index contributed by atoms with van der Waals surface area (Å²) >= 11 is 0.564. The van der Waals surface area contributed by atoms with Gasteiger partial charge < -0.3 is 19.5 Å². The van der Waals surface area contributed by atoms with Crippen LogP contribution >= 0.6 is 12.1 Å². The molecule has 0 saturated carbocycles. The zero-order valence-electron chi connectivity index (χ0n) is 21.3. The van der Waals surface area contributed by atoms with Gasteiger partial charge in [-0.05, 0) is 13.8 Å². The Labute approximate surface area is 207 Å². The number of nitrogens with zero attached hydrogens (tertiary/aromatic N) is 8. The van der Waals surface area contributed by atoms with Crippen molar-refractivity contribution >= 4 is 59.0 Å². The molecule has 0 aromatic heterocycles. The van der Waals surface area contributed by atoms with Gasteiger partial charge in [-0.3, -0.25) is 19.3 Å². The van der Waals surface area contributed by atoms with E-state index in [1.54, 1.807) is 0 Å². The highest BCUT2D eigenvalue weighted by Gasteiger charge is 2.24. The first kappa shape index (κ1) is 31.1. The lowest BCUT2D eigenvalue weighted by atomic mass is 10.2. The molecule has 0 radical (unpaired) electrons. The number of amides is 4. The highest BCUT2D eigenvalue weighted by molar-refractivity contribution is 7.95. The molecule has 196 valence electrons. The third kappa shape index (κ3) is 10.3. The van der Waals surface area contributed by atoms with Gasteiger partial charge in [-0.1, -0.05) is 20.6 Å². The number of hydrogen-bond acceptors (Lipinski definition) is 13. The third-order valence-corrected chi connectivity index (χ3v) is 4.34. The molecule has 0 aromatic carbocycles. The summed E-state index contributed by atoms with van der Waals surface area (Å²) in [6.07, 6.45) is -2.06. The van der Waals surface area contributed by atoms with E-state index in [4.69, 9.17) is 9.68 Å². The van der Waals surface area contributed by atoms with Gasteiger partial charge in [0.15, 0.2) is 11.4 Å². The topological polar surface area (TPSA) is 168 Å². The largest absolute Gasteiger partial charge is 0.447 e. The van der Waals surface area contributed by atoms with Crippen LogP contribution in [0, 0.1) is 0 Å². The van der Waals surface area contributed by atoms with Gasteiger partial charge in [0, 0.05) is 42.3 Å². The van der Waals surface area contributed by atoms with Crippen LogP contribution < -0.4 is 0 Å². The fraction of sp³-hybridized carbons (Fsp3) is 0.556. The minimum Gasteiger partial charge on any atom is -0.399 e. The second-order valence-electron chi connectivity index (χ2n) is 6.79. The minimum absolute atomic E-state index is 0.0724. The summed E-state index contributed by atoms with van der Waals surface area (Å²) in [6.45, 7) is 2.88. The van der Waals surface area contributed by atoms with Crippen LogP contribution in [0.1, 0.15) is 13.8 Å². The number of oxime groups is 4. The second kappa shape index (κ2) is 15.1. The molecular formula is C18H30N8O8S. The lowest BCUT2D eigenvalue weighted by molar-refractivity contribution is -0.122. The summed E-state index contributed by atoms with van der Waals surface area (Å²) in [5, 5.41) is 14.3. The second-order valence-corrected chi connectivity index (χ2v) is 8.05. The summed E-state index contributed by atoms with van der Waals surface area (Å²) in [6, 6.07) is 0. The highest BCUT2D eigenvalue weighted by atomic mass is 32.2. The molecule has 16 nitrogen and oxygen atoms in total. The highest BCUT2D eigenvalue weighted by Crippen LogP contribution is 2.15. The predicted octanol–water partition coefficient (Wildman–Crippen LogP) is 0.619. The van der Waals surface area contributed by atoms with E-state index in [-0.39, 0.29) is 22.8 Å². The molecule has 0 saturated heterocycles. The summed E-state index contributed by atoms with van der Waals surface area (Å²) in [5.41, 5.74) is -0.389. The Bertz CT molecular complexity index is 844. The molecule has 0 aliphatic carbocycles. The maximum absolute atomic E-state index is 12.3. The van der Waals surface area contributed by atoms with Gasteiger partial charge in [-0.15, -0.1) is 0 Å². The summed E-state index contributed by atoms with van der Waals surface area (Å²) in [4.78, 5) is 70.2. The van der Waals surface area contributed by atoms with Crippen molar-refractivity contribution < 1.29 is 38.5 Å². The molecule has 0 aromatic rings. The van der Waals surface area contributed by atoms with Crippen LogP contribution in [0.4, 0.5) is 9.59 Å². The summed E-state index contributed by atoms with van der Waals surface area (Å²) in [5.74, 6) is -1.17. The van der Waals surface area contributed by atoms with Gasteiger partial charge in [-0.2, -0.15) is 0 Å². The lowest BCUT2D eigenvalue weighted by Gasteiger charge is -2.19. The van der Waals surface area contributed by atoms with Crippen molar-refractivity contribution in [2.24, 2.45) is 20.6 Å². The standard InChI is InChI=1S/C18H30N8O8S/c1-11(19-31-9)13(15(27)23(3)4)21-33-17(29)25(7)35-26(8)18(30)34-22-14(12(2)20-32-10)16(28)24(5)6/h1-10H3. The van der Waals surface area contributed by atoms with Crippen molar-refractivity contribution in [1.82, 2.24) is 18.4 Å². The zero-order chi connectivity index (χ0) is 27.3. The molecule has 35 heavy (non-hydrogen) atoms. The Morgan fingerprint density at radius 1 is 0.600 bits per heavy atom. The first-order chi connectivity index (χ1) is 16.3. The van der Waals surface area contributed by atoms with E-state index >= 15 is 0 Å². The van der Waals surface area contributed by atoms with Gasteiger partial charge in [0.2, 0.25) is 0 Å². The Kier molecular flexibility index (Phi) is 13.4. The molecule has 0 aliphatic heterocycles. The molecule has 4 amide bonds. The van der Waals surface area contributed by atoms with Gasteiger partial charge in [0.05, 0.1) is 12.1 Å². The Morgan fingerprint density at radius 3 is 1.17 bits per heavy atom. The molecule has 0 fully saturated rings. The molecular weight excluding hydrogens is 488 g/mol. The summed E-state index contributed by atoms with van der Waals surface area (Å²) < 4.78 is 1.77. The minimum atomic E-state index is -1.03. The van der Waals surface area contributed by atoms with E-state index in [1.807, 2.05) is 0 Å². The van der Waals surface area contributed by atoms with Crippen LogP contribution in [0.25, 0.3) is 0 Å².